The average molecular weight is 585 g/mol. The van der Waals surface area contributed by atoms with Crippen molar-refractivity contribution in [1.29, 1.82) is 21.0 Å². The highest BCUT2D eigenvalue weighted by Crippen LogP contribution is 2.39. The van der Waals surface area contributed by atoms with Gasteiger partial charge in [0.05, 0.1) is 55.7 Å². The third kappa shape index (κ3) is 3.73. The molecule has 0 bridgehead atoms. The van der Waals surface area contributed by atoms with Gasteiger partial charge in [-0.2, -0.15) is 21.0 Å². The molecule has 0 saturated heterocycles. The largest absolute Gasteiger partial charge is 0.307 e. The standard InChI is InChI=1S/C40H20N6/c41-21-27-7-5-8-28(22-42)39(27)45-35-13-3-1-11-31(35)33-19-25(15-17-37(33)45)26-16-18-38-34(20-26)32-12-2-4-14-36(32)46(38)40-29(23-43)9-6-10-30(40)24-44/h1-20H. The van der Waals surface area contributed by atoms with Gasteiger partial charge < -0.3 is 9.13 Å². The van der Waals surface area contributed by atoms with Gasteiger partial charge in [0.25, 0.3) is 0 Å². The molecule has 6 aromatic carbocycles. The van der Waals surface area contributed by atoms with Crippen LogP contribution in [0.5, 0.6) is 0 Å². The fourth-order valence-corrected chi connectivity index (χ4v) is 6.72. The zero-order valence-corrected chi connectivity index (χ0v) is 24.2. The lowest BCUT2D eigenvalue weighted by atomic mass is 10.0. The molecule has 0 amide bonds. The van der Waals surface area contributed by atoms with Crippen LogP contribution in [-0.4, -0.2) is 9.13 Å². The van der Waals surface area contributed by atoms with Gasteiger partial charge in [-0.25, -0.2) is 0 Å². The average Bonchev–Trinajstić information content (AvgIpc) is 3.62. The minimum Gasteiger partial charge on any atom is -0.307 e. The first-order chi connectivity index (χ1) is 22.7. The molecule has 2 aromatic heterocycles. The third-order valence-electron chi connectivity index (χ3n) is 8.68. The fraction of sp³-hybridized carbons (Fsp3) is 0. The summed E-state index contributed by atoms with van der Waals surface area (Å²) in [6.07, 6.45) is 0. The van der Waals surface area contributed by atoms with Crippen molar-refractivity contribution in [1.82, 2.24) is 9.13 Å². The van der Waals surface area contributed by atoms with Crippen LogP contribution >= 0.6 is 0 Å². The van der Waals surface area contributed by atoms with E-state index >= 15 is 0 Å². The number of nitriles is 4. The lowest BCUT2D eigenvalue weighted by molar-refractivity contribution is 1.15. The van der Waals surface area contributed by atoms with Gasteiger partial charge in [0.15, 0.2) is 0 Å². The normalized spacial score (nSPS) is 11.0. The van der Waals surface area contributed by atoms with Gasteiger partial charge in [-0.15, -0.1) is 0 Å². The molecule has 0 N–H and O–H groups in total. The van der Waals surface area contributed by atoms with Crippen LogP contribution in [0.15, 0.2) is 121 Å². The first kappa shape index (κ1) is 26.5. The zero-order chi connectivity index (χ0) is 31.4. The Morgan fingerprint density at radius 1 is 0.348 bits per heavy atom. The molecule has 0 aliphatic carbocycles. The van der Waals surface area contributed by atoms with E-state index in [1.54, 1.807) is 36.4 Å². The van der Waals surface area contributed by atoms with Gasteiger partial charge in [-0.3, -0.25) is 0 Å². The maximum atomic E-state index is 9.96. The number of para-hydroxylation sites is 4. The number of aromatic nitrogens is 2. The SMILES string of the molecule is N#Cc1cccc(C#N)c1-n1c2ccccc2c2cc(-c3ccc4c(c3)c3ccccc3n4-c3c(C#N)cccc3C#N)ccc21. The highest BCUT2D eigenvalue weighted by atomic mass is 15.0. The summed E-state index contributed by atoms with van der Waals surface area (Å²) in [7, 11) is 0. The molecular formula is C40H20N6. The molecule has 46 heavy (non-hydrogen) atoms. The third-order valence-corrected chi connectivity index (χ3v) is 8.68. The predicted octanol–water partition coefficient (Wildman–Crippen LogP) is 9.03. The van der Waals surface area contributed by atoms with E-state index in [0.717, 1.165) is 54.7 Å². The number of nitrogens with zero attached hydrogens (tertiary/aromatic N) is 6. The van der Waals surface area contributed by atoms with E-state index in [4.69, 9.17) is 0 Å². The van der Waals surface area contributed by atoms with E-state index in [-0.39, 0.29) is 0 Å². The van der Waals surface area contributed by atoms with Crippen molar-refractivity contribution < 1.29 is 0 Å². The first-order valence-electron chi connectivity index (χ1n) is 14.6. The summed E-state index contributed by atoms with van der Waals surface area (Å²) in [5, 5.41) is 43.9. The first-order valence-corrected chi connectivity index (χ1v) is 14.6. The molecule has 0 spiro atoms. The highest BCUT2D eigenvalue weighted by molar-refractivity contribution is 6.13. The van der Waals surface area contributed by atoms with Crippen molar-refractivity contribution in [3.63, 3.8) is 0 Å². The fourth-order valence-electron chi connectivity index (χ4n) is 6.72. The Kier molecular flexibility index (Phi) is 5.91. The van der Waals surface area contributed by atoms with Gasteiger partial charge >= 0.3 is 0 Å². The number of hydrogen-bond acceptors (Lipinski definition) is 4. The summed E-state index contributed by atoms with van der Waals surface area (Å²) >= 11 is 0. The topological polar surface area (TPSA) is 105 Å². The Labute approximate surface area is 263 Å². The van der Waals surface area contributed by atoms with Crippen molar-refractivity contribution in [3.05, 3.63) is 144 Å². The molecule has 0 fully saturated rings. The van der Waals surface area contributed by atoms with Crippen LogP contribution in [0.1, 0.15) is 22.3 Å². The van der Waals surface area contributed by atoms with Gasteiger partial charge in [0.2, 0.25) is 0 Å². The molecule has 0 radical (unpaired) electrons. The smallest absolute Gasteiger partial charge is 0.101 e. The molecule has 210 valence electrons. The molecule has 6 heteroatoms. The Bertz CT molecular complexity index is 2490. The van der Waals surface area contributed by atoms with Crippen LogP contribution in [0.2, 0.25) is 0 Å². The maximum absolute atomic E-state index is 9.96. The number of rotatable bonds is 3. The molecule has 0 aliphatic rings. The molecular weight excluding hydrogens is 564 g/mol. The second-order valence-electron chi connectivity index (χ2n) is 11.0. The van der Waals surface area contributed by atoms with Crippen molar-refractivity contribution in [2.75, 3.05) is 0 Å². The van der Waals surface area contributed by atoms with Crippen LogP contribution in [0.3, 0.4) is 0 Å². The molecule has 0 aliphatic heterocycles. The van der Waals surface area contributed by atoms with E-state index in [1.165, 1.54) is 0 Å². The van der Waals surface area contributed by atoms with Gasteiger partial charge in [0, 0.05) is 21.5 Å². The lowest BCUT2D eigenvalue weighted by Crippen LogP contribution is -2.01. The molecule has 0 saturated carbocycles. The Morgan fingerprint density at radius 2 is 0.696 bits per heavy atom. The summed E-state index contributed by atoms with van der Waals surface area (Å²) in [6.45, 7) is 0. The summed E-state index contributed by atoms with van der Waals surface area (Å²) in [5.74, 6) is 0. The van der Waals surface area contributed by atoms with Gasteiger partial charge in [-0.1, -0.05) is 60.7 Å². The minimum atomic E-state index is 0.435. The van der Waals surface area contributed by atoms with E-state index in [2.05, 4.69) is 72.8 Å². The minimum absolute atomic E-state index is 0.435. The molecule has 8 rings (SSSR count). The van der Waals surface area contributed by atoms with Crippen molar-refractivity contribution in [2.24, 2.45) is 0 Å². The summed E-state index contributed by atoms with van der Waals surface area (Å²) in [6, 6.07) is 48.2. The predicted molar refractivity (Wildman–Crippen MR) is 179 cm³/mol. The highest BCUT2D eigenvalue weighted by Gasteiger charge is 2.20. The molecule has 8 aromatic rings. The van der Waals surface area contributed by atoms with Crippen molar-refractivity contribution in [3.8, 4) is 46.8 Å². The quantitative estimate of drug-likeness (QED) is 0.207. The Morgan fingerprint density at radius 3 is 1.07 bits per heavy atom. The van der Waals surface area contributed by atoms with Gasteiger partial charge in [-0.05, 0) is 71.8 Å². The zero-order valence-electron chi connectivity index (χ0n) is 24.2. The van der Waals surface area contributed by atoms with Crippen molar-refractivity contribution in [2.45, 2.75) is 0 Å². The lowest BCUT2D eigenvalue weighted by Gasteiger charge is -2.12. The van der Waals surface area contributed by atoms with E-state index < -0.39 is 0 Å². The molecule has 2 heterocycles. The second kappa shape index (κ2) is 10.3. The summed E-state index contributed by atoms with van der Waals surface area (Å²) in [4.78, 5) is 0. The van der Waals surface area contributed by atoms with Crippen LogP contribution < -0.4 is 0 Å². The number of fused-ring (bicyclic) bond motifs is 6. The molecule has 0 unspecified atom stereocenters. The summed E-state index contributed by atoms with van der Waals surface area (Å²) < 4.78 is 4.03. The van der Waals surface area contributed by atoms with E-state index in [0.29, 0.717) is 33.6 Å². The Hall–Kier alpha value is -7.12. The van der Waals surface area contributed by atoms with Crippen LogP contribution in [0.4, 0.5) is 0 Å². The molecule has 6 nitrogen and oxygen atoms in total. The molecule has 0 atom stereocenters. The Balaban J connectivity index is 1.38. The van der Waals surface area contributed by atoms with Crippen LogP contribution in [0.25, 0.3) is 66.1 Å². The van der Waals surface area contributed by atoms with Crippen LogP contribution in [-0.2, 0) is 0 Å². The monoisotopic (exact) mass is 584 g/mol. The van der Waals surface area contributed by atoms with E-state index in [1.807, 2.05) is 45.5 Å². The summed E-state index contributed by atoms with van der Waals surface area (Å²) in [5.41, 5.74) is 8.55. The van der Waals surface area contributed by atoms with Crippen LogP contribution in [0, 0.1) is 45.3 Å². The van der Waals surface area contributed by atoms with E-state index in [9.17, 15) is 21.0 Å². The number of hydrogen-bond donors (Lipinski definition) is 0. The maximum Gasteiger partial charge on any atom is 0.101 e. The number of benzene rings is 6. The second-order valence-corrected chi connectivity index (χ2v) is 11.0. The van der Waals surface area contributed by atoms with Crippen molar-refractivity contribution >= 4 is 43.6 Å². The van der Waals surface area contributed by atoms with Gasteiger partial charge in [0.1, 0.15) is 24.3 Å².